The molecular formula is C16H20N4O5. The Kier molecular flexibility index (Phi) is 5.13. The monoisotopic (exact) mass is 348 g/mol. The quantitative estimate of drug-likeness (QED) is 0.624. The van der Waals surface area contributed by atoms with Crippen LogP contribution in [0, 0.1) is 0 Å². The molecule has 0 aromatic carbocycles. The van der Waals surface area contributed by atoms with Gasteiger partial charge in [0.2, 0.25) is 11.8 Å². The van der Waals surface area contributed by atoms with Gasteiger partial charge in [0.15, 0.2) is 5.58 Å². The third-order valence-corrected chi connectivity index (χ3v) is 4.33. The zero-order chi connectivity index (χ0) is 17.8. The average Bonchev–Trinajstić information content (AvgIpc) is 2.96. The molecule has 4 heterocycles. The number of imide groups is 1. The van der Waals surface area contributed by atoms with E-state index in [0.717, 1.165) is 25.9 Å². The number of pyridine rings is 1. The van der Waals surface area contributed by atoms with E-state index in [1.165, 1.54) is 6.07 Å². The van der Waals surface area contributed by atoms with Crippen molar-refractivity contribution in [1.29, 1.82) is 0 Å². The predicted molar refractivity (Wildman–Crippen MR) is 89.2 cm³/mol. The third-order valence-electron chi connectivity index (χ3n) is 4.33. The van der Waals surface area contributed by atoms with Crippen LogP contribution >= 0.6 is 0 Å². The number of piperidine rings is 2. The molecular weight excluding hydrogens is 328 g/mol. The lowest BCUT2D eigenvalue weighted by Crippen LogP contribution is -2.33. The van der Waals surface area contributed by atoms with Crippen molar-refractivity contribution in [1.82, 2.24) is 20.4 Å². The summed E-state index contributed by atoms with van der Waals surface area (Å²) in [6, 6.07) is 1.54. The summed E-state index contributed by atoms with van der Waals surface area (Å²) in [5.74, 6) is -0.275. The SMILES string of the molecule is O=C1CCCC(=O)N1.O=c1[nH]oc2cn(C3CCNCC3)c(=O)cc12. The first-order chi connectivity index (χ1) is 12.0. The van der Waals surface area contributed by atoms with Crippen molar-refractivity contribution in [3.63, 3.8) is 0 Å². The Morgan fingerprint density at radius 2 is 1.72 bits per heavy atom. The number of aromatic amines is 1. The number of aromatic nitrogens is 2. The van der Waals surface area contributed by atoms with Crippen LogP contribution in [0.25, 0.3) is 11.0 Å². The number of rotatable bonds is 1. The molecule has 3 N–H and O–H groups in total. The number of carbonyl (C=O) groups excluding carboxylic acids is 2. The number of hydrogen-bond acceptors (Lipinski definition) is 6. The smallest absolute Gasteiger partial charge is 0.288 e. The maximum Gasteiger partial charge on any atom is 0.288 e. The zero-order valence-corrected chi connectivity index (χ0v) is 13.7. The molecule has 0 aliphatic carbocycles. The summed E-state index contributed by atoms with van der Waals surface area (Å²) in [6.45, 7) is 1.82. The lowest BCUT2D eigenvalue weighted by molar-refractivity contribution is -0.132. The molecule has 134 valence electrons. The van der Waals surface area contributed by atoms with Crippen LogP contribution in [0.5, 0.6) is 0 Å². The second-order valence-electron chi connectivity index (χ2n) is 6.14. The Morgan fingerprint density at radius 3 is 2.32 bits per heavy atom. The molecule has 2 aliphatic rings. The van der Waals surface area contributed by atoms with Crippen molar-refractivity contribution in [2.24, 2.45) is 0 Å². The van der Waals surface area contributed by atoms with Gasteiger partial charge in [-0.2, -0.15) is 5.16 Å². The van der Waals surface area contributed by atoms with Crippen LogP contribution in [0.2, 0.25) is 0 Å². The van der Waals surface area contributed by atoms with Crippen LogP contribution in [0.3, 0.4) is 0 Å². The molecule has 0 saturated carbocycles. The molecule has 9 nitrogen and oxygen atoms in total. The van der Waals surface area contributed by atoms with Crippen molar-refractivity contribution in [2.45, 2.75) is 38.1 Å². The van der Waals surface area contributed by atoms with Gasteiger partial charge in [0.1, 0.15) is 0 Å². The summed E-state index contributed by atoms with van der Waals surface area (Å²) in [4.78, 5) is 43.9. The van der Waals surface area contributed by atoms with Crippen LogP contribution in [0.4, 0.5) is 0 Å². The van der Waals surface area contributed by atoms with E-state index >= 15 is 0 Å². The highest BCUT2D eigenvalue weighted by molar-refractivity contribution is 5.97. The molecule has 9 heteroatoms. The molecule has 2 amide bonds. The van der Waals surface area contributed by atoms with Crippen molar-refractivity contribution >= 4 is 22.8 Å². The van der Waals surface area contributed by atoms with Crippen LogP contribution < -0.4 is 21.8 Å². The first kappa shape index (κ1) is 17.2. The van der Waals surface area contributed by atoms with Crippen LogP contribution in [-0.2, 0) is 9.59 Å². The van der Waals surface area contributed by atoms with E-state index in [4.69, 9.17) is 4.52 Å². The van der Waals surface area contributed by atoms with Crippen molar-refractivity contribution in [2.75, 3.05) is 13.1 Å². The molecule has 2 saturated heterocycles. The molecule has 0 unspecified atom stereocenters. The third kappa shape index (κ3) is 4.05. The molecule has 0 radical (unpaired) electrons. The highest BCUT2D eigenvalue weighted by atomic mass is 16.5. The van der Waals surface area contributed by atoms with Gasteiger partial charge in [-0.3, -0.25) is 24.5 Å². The van der Waals surface area contributed by atoms with E-state index < -0.39 is 0 Å². The Bertz CT molecular complexity index is 874. The molecule has 2 aromatic heterocycles. The zero-order valence-electron chi connectivity index (χ0n) is 13.7. The predicted octanol–water partition coefficient (Wildman–Crippen LogP) is 0.0204. The first-order valence-electron chi connectivity index (χ1n) is 8.31. The number of nitrogens with one attached hydrogen (secondary N) is 3. The van der Waals surface area contributed by atoms with E-state index in [1.807, 2.05) is 0 Å². The van der Waals surface area contributed by atoms with Crippen molar-refractivity contribution in [3.05, 3.63) is 33.0 Å². The van der Waals surface area contributed by atoms with Gasteiger partial charge < -0.3 is 14.4 Å². The number of fused-ring (bicyclic) bond motifs is 1. The summed E-state index contributed by atoms with van der Waals surface area (Å²) in [5, 5.41) is 8.01. The number of hydrogen-bond donors (Lipinski definition) is 3. The maximum atomic E-state index is 11.9. The maximum absolute atomic E-state index is 11.9. The second-order valence-corrected chi connectivity index (χ2v) is 6.14. The number of H-pyrrole nitrogens is 1. The van der Waals surface area contributed by atoms with Gasteiger partial charge in [-0.15, -0.1) is 0 Å². The van der Waals surface area contributed by atoms with Gasteiger partial charge in [0, 0.05) is 24.9 Å². The van der Waals surface area contributed by atoms with E-state index in [1.54, 1.807) is 10.8 Å². The Labute approximate surface area is 142 Å². The standard InChI is InChI=1S/C11H13N3O3.C5H7NO2/c15-10-5-8-9(17-13-11(8)16)6-14(10)7-1-3-12-4-2-7;7-4-2-1-3-5(8)6-4/h5-7,12H,1-4H2,(H,13,16);1-3H2,(H,6,7,8). The summed E-state index contributed by atoms with van der Waals surface area (Å²) < 4.78 is 6.69. The van der Waals surface area contributed by atoms with Gasteiger partial charge in [-0.25, -0.2) is 0 Å². The van der Waals surface area contributed by atoms with E-state index in [-0.39, 0.29) is 29.0 Å². The summed E-state index contributed by atoms with van der Waals surface area (Å²) in [5.41, 5.74) is -0.0565. The molecule has 2 aromatic rings. The largest absolute Gasteiger partial charge is 0.377 e. The average molecular weight is 348 g/mol. The minimum atomic E-state index is -0.352. The van der Waals surface area contributed by atoms with Gasteiger partial charge >= 0.3 is 0 Å². The highest BCUT2D eigenvalue weighted by Gasteiger charge is 2.17. The summed E-state index contributed by atoms with van der Waals surface area (Å²) in [6.07, 6.45) is 5.19. The lowest BCUT2D eigenvalue weighted by atomic mass is 10.1. The molecule has 0 atom stereocenters. The molecule has 2 fully saturated rings. The Balaban J connectivity index is 0.000000192. The number of nitrogens with zero attached hydrogens (tertiary/aromatic N) is 1. The summed E-state index contributed by atoms with van der Waals surface area (Å²) in [7, 11) is 0. The minimum Gasteiger partial charge on any atom is -0.377 e. The molecule has 0 bridgehead atoms. The topological polar surface area (TPSA) is 126 Å². The normalized spacial score (nSPS) is 18.6. The van der Waals surface area contributed by atoms with Gasteiger partial charge in [0.05, 0.1) is 11.6 Å². The van der Waals surface area contributed by atoms with E-state index in [0.29, 0.717) is 30.2 Å². The summed E-state index contributed by atoms with van der Waals surface area (Å²) >= 11 is 0. The van der Waals surface area contributed by atoms with Crippen LogP contribution in [0.15, 0.2) is 26.4 Å². The minimum absolute atomic E-state index is 0.138. The Morgan fingerprint density at radius 1 is 1.04 bits per heavy atom. The fourth-order valence-corrected chi connectivity index (χ4v) is 3.00. The van der Waals surface area contributed by atoms with Crippen molar-refractivity contribution in [3.8, 4) is 0 Å². The van der Waals surface area contributed by atoms with Gasteiger partial charge in [-0.05, 0) is 32.4 Å². The molecule has 4 rings (SSSR count). The van der Waals surface area contributed by atoms with Gasteiger partial charge in [-0.1, -0.05) is 0 Å². The van der Waals surface area contributed by atoms with E-state index in [2.05, 4.69) is 15.8 Å². The number of amides is 2. The second kappa shape index (κ2) is 7.47. The van der Waals surface area contributed by atoms with Crippen LogP contribution in [0.1, 0.15) is 38.1 Å². The van der Waals surface area contributed by atoms with Crippen molar-refractivity contribution < 1.29 is 14.1 Å². The molecule has 0 spiro atoms. The number of carbonyl (C=O) groups is 2. The Hall–Kier alpha value is -2.68. The molecule has 2 aliphatic heterocycles. The molecule has 25 heavy (non-hydrogen) atoms. The fraction of sp³-hybridized carbons (Fsp3) is 0.500. The highest BCUT2D eigenvalue weighted by Crippen LogP contribution is 2.18. The fourth-order valence-electron chi connectivity index (χ4n) is 3.00. The first-order valence-corrected chi connectivity index (χ1v) is 8.31. The lowest BCUT2D eigenvalue weighted by Gasteiger charge is -2.24. The van der Waals surface area contributed by atoms with Gasteiger partial charge in [0.25, 0.3) is 11.1 Å². The van der Waals surface area contributed by atoms with E-state index in [9.17, 15) is 19.2 Å². The van der Waals surface area contributed by atoms with Crippen LogP contribution in [-0.4, -0.2) is 34.6 Å².